The van der Waals surface area contributed by atoms with E-state index < -0.39 is 11.6 Å². The molecule has 0 bridgehead atoms. The Kier molecular flexibility index (Phi) is 4.50. The molecule has 106 valence electrons. The maximum absolute atomic E-state index is 14.0. The van der Waals surface area contributed by atoms with E-state index in [4.69, 9.17) is 10.5 Å². The lowest BCUT2D eigenvalue weighted by atomic mass is 9.97. The lowest BCUT2D eigenvalue weighted by Crippen LogP contribution is -2.21. The summed E-state index contributed by atoms with van der Waals surface area (Å²) in [4.78, 5) is 2.03. The molecule has 0 aromatic heterocycles. The van der Waals surface area contributed by atoms with Gasteiger partial charge in [-0.25, -0.2) is 8.78 Å². The van der Waals surface area contributed by atoms with Gasteiger partial charge in [-0.1, -0.05) is 0 Å². The highest BCUT2D eigenvalue weighted by Gasteiger charge is 2.32. The Bertz CT molecular complexity index is 453. The highest BCUT2D eigenvalue weighted by Crippen LogP contribution is 2.36. The Morgan fingerprint density at radius 3 is 2.74 bits per heavy atom. The van der Waals surface area contributed by atoms with Crippen molar-refractivity contribution < 1.29 is 13.5 Å². The van der Waals surface area contributed by atoms with Gasteiger partial charge in [0.15, 0.2) is 11.6 Å². The normalized spacial score (nSPS) is 24.1. The number of likely N-dealkylation sites (tertiary alicyclic amines) is 1. The summed E-state index contributed by atoms with van der Waals surface area (Å²) in [6, 6.07) is 2.78. The molecule has 19 heavy (non-hydrogen) atoms. The second-order valence-electron chi connectivity index (χ2n) is 5.21. The summed E-state index contributed by atoms with van der Waals surface area (Å²) in [7, 11) is 3.45. The van der Waals surface area contributed by atoms with Crippen molar-refractivity contribution in [3.8, 4) is 0 Å². The van der Waals surface area contributed by atoms with Crippen molar-refractivity contribution in [3.05, 3.63) is 34.9 Å². The molecule has 0 spiro atoms. The fraction of sp³-hybridized carbons (Fsp3) is 0.571. The largest absolute Gasteiger partial charge is 0.380 e. The molecule has 1 aliphatic heterocycles. The topological polar surface area (TPSA) is 38.5 Å². The molecular weight excluding hydrogens is 250 g/mol. The van der Waals surface area contributed by atoms with Gasteiger partial charge in [-0.05, 0) is 43.6 Å². The second-order valence-corrected chi connectivity index (χ2v) is 5.21. The number of nitrogens with two attached hydrogens (primary N) is 1. The average molecular weight is 270 g/mol. The number of methoxy groups -OCH3 is 1. The summed E-state index contributed by atoms with van der Waals surface area (Å²) < 4.78 is 32.6. The van der Waals surface area contributed by atoms with E-state index in [-0.39, 0.29) is 12.6 Å². The van der Waals surface area contributed by atoms with Gasteiger partial charge in [-0.2, -0.15) is 0 Å². The summed E-state index contributed by atoms with van der Waals surface area (Å²) in [5.41, 5.74) is 6.73. The van der Waals surface area contributed by atoms with Crippen LogP contribution in [0, 0.1) is 17.6 Å². The minimum Gasteiger partial charge on any atom is -0.380 e. The zero-order chi connectivity index (χ0) is 14.0. The molecule has 2 N–H and O–H groups in total. The monoisotopic (exact) mass is 270 g/mol. The number of hydrogen-bond donors (Lipinski definition) is 1. The highest BCUT2D eigenvalue weighted by molar-refractivity contribution is 5.29. The molecular formula is C14H20F2N2O. The van der Waals surface area contributed by atoms with E-state index >= 15 is 0 Å². The molecule has 1 aromatic rings. The fourth-order valence-electron chi connectivity index (χ4n) is 2.80. The van der Waals surface area contributed by atoms with Gasteiger partial charge in [-0.15, -0.1) is 0 Å². The van der Waals surface area contributed by atoms with Crippen LogP contribution < -0.4 is 5.73 Å². The van der Waals surface area contributed by atoms with Crippen LogP contribution >= 0.6 is 0 Å². The smallest absolute Gasteiger partial charge is 0.163 e. The van der Waals surface area contributed by atoms with Gasteiger partial charge in [0.25, 0.3) is 0 Å². The molecule has 1 fully saturated rings. The minimum atomic E-state index is -0.811. The number of benzene rings is 1. The van der Waals surface area contributed by atoms with E-state index in [9.17, 15) is 8.78 Å². The standard InChI is InChI=1S/C14H20F2N2O/c1-18-7-10(6-17)5-13(18)11-3-9(8-19-2)4-12(15)14(11)16/h3-4,10,13H,5-8,17H2,1-2H3. The first kappa shape index (κ1) is 14.4. The van der Waals surface area contributed by atoms with Gasteiger partial charge in [-0.3, -0.25) is 4.90 Å². The molecule has 1 aromatic carbocycles. The quantitative estimate of drug-likeness (QED) is 0.910. The maximum Gasteiger partial charge on any atom is 0.163 e. The van der Waals surface area contributed by atoms with Crippen molar-refractivity contribution >= 4 is 0 Å². The van der Waals surface area contributed by atoms with Crippen molar-refractivity contribution in [1.82, 2.24) is 4.90 Å². The van der Waals surface area contributed by atoms with Crippen LogP contribution in [0.3, 0.4) is 0 Å². The number of rotatable bonds is 4. The van der Waals surface area contributed by atoms with Crippen LogP contribution in [0.1, 0.15) is 23.6 Å². The van der Waals surface area contributed by atoms with Crippen molar-refractivity contribution in [2.45, 2.75) is 19.1 Å². The summed E-state index contributed by atoms with van der Waals surface area (Å²) in [5, 5.41) is 0. The first-order chi connectivity index (χ1) is 9.06. The van der Waals surface area contributed by atoms with Crippen molar-refractivity contribution in [1.29, 1.82) is 0 Å². The summed E-state index contributed by atoms with van der Waals surface area (Å²) >= 11 is 0. The van der Waals surface area contributed by atoms with Gasteiger partial charge in [0.1, 0.15) is 0 Å². The zero-order valence-electron chi connectivity index (χ0n) is 11.3. The van der Waals surface area contributed by atoms with Gasteiger partial charge in [0.05, 0.1) is 6.61 Å². The fourth-order valence-corrected chi connectivity index (χ4v) is 2.80. The Balaban J connectivity index is 2.33. The molecule has 1 aliphatic rings. The van der Waals surface area contributed by atoms with Gasteiger partial charge in [0.2, 0.25) is 0 Å². The van der Waals surface area contributed by atoms with Crippen LogP contribution in [0.2, 0.25) is 0 Å². The zero-order valence-corrected chi connectivity index (χ0v) is 11.3. The summed E-state index contributed by atoms with van der Waals surface area (Å²) in [6.45, 7) is 1.67. The van der Waals surface area contributed by atoms with Crippen LogP contribution in [0.15, 0.2) is 12.1 Å². The van der Waals surface area contributed by atoms with E-state index in [1.165, 1.54) is 13.2 Å². The molecule has 2 atom stereocenters. The Morgan fingerprint density at radius 2 is 2.16 bits per heavy atom. The van der Waals surface area contributed by atoms with Gasteiger partial charge >= 0.3 is 0 Å². The predicted octanol–water partition coefficient (Wildman–Crippen LogP) is 2.06. The van der Waals surface area contributed by atoms with Crippen LogP contribution in [-0.2, 0) is 11.3 Å². The molecule has 3 nitrogen and oxygen atoms in total. The van der Waals surface area contributed by atoms with Crippen LogP contribution in [-0.4, -0.2) is 32.1 Å². The maximum atomic E-state index is 14.0. The molecule has 1 saturated heterocycles. The number of nitrogens with zero attached hydrogens (tertiary/aromatic N) is 1. The molecule has 0 radical (unpaired) electrons. The van der Waals surface area contributed by atoms with E-state index in [1.54, 1.807) is 6.07 Å². The van der Waals surface area contributed by atoms with Crippen LogP contribution in [0.5, 0.6) is 0 Å². The lowest BCUT2D eigenvalue weighted by Gasteiger charge is -2.21. The van der Waals surface area contributed by atoms with E-state index in [2.05, 4.69) is 0 Å². The SMILES string of the molecule is COCc1cc(F)c(F)c(C2CC(CN)CN2C)c1. The summed E-state index contributed by atoms with van der Waals surface area (Å²) in [5.74, 6) is -1.23. The van der Waals surface area contributed by atoms with E-state index in [1.807, 2.05) is 11.9 Å². The molecule has 0 amide bonds. The Hall–Kier alpha value is -1.04. The van der Waals surface area contributed by atoms with Crippen LogP contribution in [0.4, 0.5) is 8.78 Å². The third-order valence-corrected chi connectivity index (χ3v) is 3.75. The average Bonchev–Trinajstić information content (AvgIpc) is 2.75. The molecule has 2 unspecified atom stereocenters. The molecule has 5 heteroatoms. The predicted molar refractivity (Wildman–Crippen MR) is 69.6 cm³/mol. The molecule has 2 rings (SSSR count). The van der Waals surface area contributed by atoms with Crippen molar-refractivity contribution in [2.75, 3.05) is 27.2 Å². The Labute approximate surface area is 112 Å². The molecule has 0 aliphatic carbocycles. The highest BCUT2D eigenvalue weighted by atomic mass is 19.2. The van der Waals surface area contributed by atoms with Crippen molar-refractivity contribution in [2.24, 2.45) is 11.7 Å². The number of halogens is 2. The Morgan fingerprint density at radius 1 is 1.42 bits per heavy atom. The van der Waals surface area contributed by atoms with Crippen molar-refractivity contribution in [3.63, 3.8) is 0 Å². The van der Waals surface area contributed by atoms with Crippen LogP contribution in [0.25, 0.3) is 0 Å². The molecule has 0 saturated carbocycles. The lowest BCUT2D eigenvalue weighted by molar-refractivity contribution is 0.184. The number of hydrogen-bond acceptors (Lipinski definition) is 3. The second kappa shape index (κ2) is 5.94. The summed E-state index contributed by atoms with van der Waals surface area (Å²) in [6.07, 6.45) is 0.764. The van der Waals surface area contributed by atoms with Gasteiger partial charge in [0, 0.05) is 25.3 Å². The number of ether oxygens (including phenoxy) is 1. The third-order valence-electron chi connectivity index (χ3n) is 3.75. The first-order valence-corrected chi connectivity index (χ1v) is 6.43. The minimum absolute atomic E-state index is 0.111. The van der Waals surface area contributed by atoms with Gasteiger partial charge < -0.3 is 10.5 Å². The molecule has 1 heterocycles. The first-order valence-electron chi connectivity index (χ1n) is 6.43. The third kappa shape index (κ3) is 2.94. The van der Waals surface area contributed by atoms with E-state index in [0.29, 0.717) is 23.6 Å². The van der Waals surface area contributed by atoms with E-state index in [0.717, 1.165) is 13.0 Å².